The predicted octanol–water partition coefficient (Wildman–Crippen LogP) is 3.05. The Labute approximate surface area is 110 Å². The summed E-state index contributed by atoms with van der Waals surface area (Å²) in [5, 5.41) is 2.86. The number of rotatable bonds is 3. The highest BCUT2D eigenvalue weighted by Gasteiger charge is 2.17. The molecule has 100 valence electrons. The van der Waals surface area contributed by atoms with E-state index in [0.29, 0.717) is 6.42 Å². The predicted molar refractivity (Wildman–Crippen MR) is 76.7 cm³/mol. The number of amides is 1. The number of nitrogens with one attached hydrogen (secondary N) is 1. The van der Waals surface area contributed by atoms with E-state index in [-0.39, 0.29) is 11.3 Å². The minimum atomic E-state index is -0.477. The second-order valence-corrected chi connectivity index (χ2v) is 6.54. The van der Waals surface area contributed by atoms with E-state index in [1.165, 1.54) is 5.56 Å². The molecule has 1 aromatic rings. The Kier molecular flexibility index (Phi) is 4.17. The Morgan fingerprint density at radius 2 is 1.61 bits per heavy atom. The van der Waals surface area contributed by atoms with Gasteiger partial charge in [0.1, 0.15) is 0 Å². The standard InChI is InChI=1S/C15H24N2O/c1-14(2,3)11-6-8-12(9-7-11)17-13(18)10-15(4,5)16/h6-9H,10,16H2,1-5H3,(H,17,18). The first-order chi connectivity index (χ1) is 8.08. The Morgan fingerprint density at radius 3 is 2.00 bits per heavy atom. The van der Waals surface area contributed by atoms with E-state index in [1.54, 1.807) is 0 Å². The zero-order valence-electron chi connectivity index (χ0n) is 12.0. The van der Waals surface area contributed by atoms with Crippen LogP contribution >= 0.6 is 0 Å². The van der Waals surface area contributed by atoms with Gasteiger partial charge >= 0.3 is 0 Å². The zero-order valence-corrected chi connectivity index (χ0v) is 12.0. The van der Waals surface area contributed by atoms with Crippen molar-refractivity contribution in [2.75, 3.05) is 5.32 Å². The van der Waals surface area contributed by atoms with Crippen LogP contribution in [0.2, 0.25) is 0 Å². The lowest BCUT2D eigenvalue weighted by molar-refractivity contribution is -0.117. The average molecular weight is 248 g/mol. The van der Waals surface area contributed by atoms with Crippen LogP contribution in [0.3, 0.4) is 0 Å². The number of nitrogens with two attached hydrogens (primary N) is 1. The fourth-order valence-corrected chi connectivity index (χ4v) is 1.67. The number of hydrogen-bond acceptors (Lipinski definition) is 2. The van der Waals surface area contributed by atoms with Crippen molar-refractivity contribution in [3.8, 4) is 0 Å². The highest BCUT2D eigenvalue weighted by Crippen LogP contribution is 2.23. The topological polar surface area (TPSA) is 55.1 Å². The van der Waals surface area contributed by atoms with Crippen LogP contribution in [0, 0.1) is 0 Å². The summed E-state index contributed by atoms with van der Waals surface area (Å²) in [7, 11) is 0. The monoisotopic (exact) mass is 248 g/mol. The second-order valence-electron chi connectivity index (χ2n) is 6.54. The van der Waals surface area contributed by atoms with Crippen molar-refractivity contribution in [1.29, 1.82) is 0 Å². The van der Waals surface area contributed by atoms with Crippen LogP contribution in [-0.4, -0.2) is 11.4 Å². The van der Waals surface area contributed by atoms with Crippen LogP contribution in [0.25, 0.3) is 0 Å². The molecule has 0 aliphatic rings. The lowest BCUT2D eigenvalue weighted by Crippen LogP contribution is -2.36. The molecule has 3 heteroatoms. The van der Waals surface area contributed by atoms with Gasteiger partial charge in [0.05, 0.1) is 0 Å². The minimum absolute atomic E-state index is 0.0500. The van der Waals surface area contributed by atoms with E-state index in [1.807, 2.05) is 38.1 Å². The van der Waals surface area contributed by atoms with Crippen LogP contribution in [0.15, 0.2) is 24.3 Å². The summed E-state index contributed by atoms with van der Waals surface area (Å²) in [5.74, 6) is -0.0500. The first kappa shape index (κ1) is 14.7. The van der Waals surface area contributed by atoms with Gasteiger partial charge in [-0.1, -0.05) is 32.9 Å². The highest BCUT2D eigenvalue weighted by atomic mass is 16.1. The van der Waals surface area contributed by atoms with Crippen LogP contribution in [0.1, 0.15) is 46.6 Å². The molecule has 0 radical (unpaired) electrons. The lowest BCUT2D eigenvalue weighted by Gasteiger charge is -2.20. The van der Waals surface area contributed by atoms with E-state index < -0.39 is 5.54 Å². The van der Waals surface area contributed by atoms with Gasteiger partial charge in [-0.15, -0.1) is 0 Å². The lowest BCUT2D eigenvalue weighted by atomic mass is 9.87. The molecule has 1 aromatic carbocycles. The molecule has 0 bridgehead atoms. The van der Waals surface area contributed by atoms with E-state index in [4.69, 9.17) is 5.73 Å². The molecule has 0 aromatic heterocycles. The Hall–Kier alpha value is -1.35. The number of carbonyl (C=O) groups excluding carboxylic acids is 1. The highest BCUT2D eigenvalue weighted by molar-refractivity contribution is 5.91. The minimum Gasteiger partial charge on any atom is -0.326 e. The van der Waals surface area contributed by atoms with Gasteiger partial charge in [-0.2, -0.15) is 0 Å². The van der Waals surface area contributed by atoms with Gasteiger partial charge in [0.15, 0.2) is 0 Å². The van der Waals surface area contributed by atoms with Gasteiger partial charge in [0.25, 0.3) is 0 Å². The SMILES string of the molecule is CC(C)(N)CC(=O)Nc1ccc(C(C)(C)C)cc1. The Balaban J connectivity index is 2.67. The molecular weight excluding hydrogens is 224 g/mol. The molecule has 0 saturated carbocycles. The molecule has 0 unspecified atom stereocenters. The van der Waals surface area contributed by atoms with E-state index in [0.717, 1.165) is 5.69 Å². The third-order valence-corrected chi connectivity index (χ3v) is 2.65. The van der Waals surface area contributed by atoms with Crippen LogP contribution in [-0.2, 0) is 10.2 Å². The van der Waals surface area contributed by atoms with Crippen molar-refractivity contribution in [3.63, 3.8) is 0 Å². The third kappa shape index (κ3) is 4.88. The van der Waals surface area contributed by atoms with Crippen LogP contribution < -0.4 is 11.1 Å². The summed E-state index contributed by atoms with van der Waals surface area (Å²) in [5.41, 5.74) is 7.53. The summed E-state index contributed by atoms with van der Waals surface area (Å²) in [6, 6.07) is 7.95. The van der Waals surface area contributed by atoms with Crippen LogP contribution in [0.5, 0.6) is 0 Å². The number of hydrogen-bond donors (Lipinski definition) is 2. The van der Waals surface area contributed by atoms with E-state index in [2.05, 4.69) is 26.1 Å². The molecule has 0 aliphatic heterocycles. The maximum Gasteiger partial charge on any atom is 0.226 e. The van der Waals surface area contributed by atoms with E-state index >= 15 is 0 Å². The molecule has 3 nitrogen and oxygen atoms in total. The fraction of sp³-hybridized carbons (Fsp3) is 0.533. The molecule has 1 rings (SSSR count). The van der Waals surface area contributed by atoms with Crippen molar-refractivity contribution in [3.05, 3.63) is 29.8 Å². The van der Waals surface area contributed by atoms with Crippen molar-refractivity contribution in [1.82, 2.24) is 0 Å². The molecule has 18 heavy (non-hydrogen) atoms. The van der Waals surface area contributed by atoms with Crippen LogP contribution in [0.4, 0.5) is 5.69 Å². The van der Waals surface area contributed by atoms with Crippen molar-refractivity contribution >= 4 is 11.6 Å². The molecule has 0 atom stereocenters. The van der Waals surface area contributed by atoms with Crippen molar-refractivity contribution in [2.45, 2.75) is 52.0 Å². The Bertz CT molecular complexity index is 408. The number of anilines is 1. The molecule has 0 spiro atoms. The smallest absolute Gasteiger partial charge is 0.226 e. The summed E-state index contributed by atoms with van der Waals surface area (Å²) in [6.45, 7) is 10.2. The maximum absolute atomic E-state index is 11.7. The van der Waals surface area contributed by atoms with E-state index in [9.17, 15) is 4.79 Å². The summed E-state index contributed by atoms with van der Waals surface area (Å²) >= 11 is 0. The molecule has 0 fully saturated rings. The molecule has 0 heterocycles. The van der Waals surface area contributed by atoms with Gasteiger partial charge in [0.2, 0.25) is 5.91 Å². The zero-order chi connectivity index (χ0) is 14.0. The van der Waals surface area contributed by atoms with Gasteiger partial charge in [0, 0.05) is 17.6 Å². The second kappa shape index (κ2) is 5.11. The first-order valence-corrected chi connectivity index (χ1v) is 6.27. The first-order valence-electron chi connectivity index (χ1n) is 6.27. The van der Waals surface area contributed by atoms with Gasteiger partial charge < -0.3 is 11.1 Å². The number of benzene rings is 1. The molecule has 3 N–H and O–H groups in total. The average Bonchev–Trinajstić information content (AvgIpc) is 2.13. The summed E-state index contributed by atoms with van der Waals surface area (Å²) < 4.78 is 0. The largest absolute Gasteiger partial charge is 0.326 e. The number of carbonyl (C=O) groups is 1. The normalized spacial score (nSPS) is 12.3. The molecular formula is C15H24N2O. The molecule has 1 amide bonds. The summed E-state index contributed by atoms with van der Waals surface area (Å²) in [6.07, 6.45) is 0.314. The van der Waals surface area contributed by atoms with Gasteiger partial charge in [-0.05, 0) is 37.0 Å². The quantitative estimate of drug-likeness (QED) is 0.863. The van der Waals surface area contributed by atoms with Crippen molar-refractivity contribution in [2.24, 2.45) is 5.73 Å². The molecule has 0 aliphatic carbocycles. The van der Waals surface area contributed by atoms with Gasteiger partial charge in [-0.3, -0.25) is 4.79 Å². The maximum atomic E-state index is 11.7. The summed E-state index contributed by atoms with van der Waals surface area (Å²) in [4.78, 5) is 11.7. The third-order valence-electron chi connectivity index (χ3n) is 2.65. The fourth-order valence-electron chi connectivity index (χ4n) is 1.67. The molecule has 0 saturated heterocycles. The van der Waals surface area contributed by atoms with Crippen molar-refractivity contribution < 1.29 is 4.79 Å². The Morgan fingerprint density at radius 1 is 1.11 bits per heavy atom. The van der Waals surface area contributed by atoms with Gasteiger partial charge in [-0.25, -0.2) is 0 Å².